The molecule has 0 aliphatic rings. The summed E-state index contributed by atoms with van der Waals surface area (Å²) in [6, 6.07) is 14.7. The average molecular weight is 338 g/mol. The molecule has 0 bridgehead atoms. The summed E-state index contributed by atoms with van der Waals surface area (Å²) in [5.74, 6) is 0.271. The van der Waals surface area contributed by atoms with Gasteiger partial charge in [0.05, 0.1) is 13.3 Å². The minimum atomic E-state index is -0.561. The lowest BCUT2D eigenvalue weighted by molar-refractivity contribution is 0.0706. The molecule has 0 spiro atoms. The van der Waals surface area contributed by atoms with Gasteiger partial charge in [0.2, 0.25) is 0 Å². The average Bonchev–Trinajstić information content (AvgIpc) is 3.15. The number of carbonyl (C=O) groups excluding carboxylic acids is 1. The molecule has 1 aromatic heterocycles. The Morgan fingerprint density at radius 3 is 2.76 bits per heavy atom. The molecule has 3 aromatic rings. The first-order chi connectivity index (χ1) is 12.2. The number of aromatic nitrogens is 3. The van der Waals surface area contributed by atoms with E-state index in [2.05, 4.69) is 10.3 Å². The van der Waals surface area contributed by atoms with Gasteiger partial charge in [-0.1, -0.05) is 29.5 Å². The van der Waals surface area contributed by atoms with Crippen LogP contribution in [0.15, 0.2) is 54.7 Å². The highest BCUT2D eigenvalue weighted by molar-refractivity contribution is 5.94. The van der Waals surface area contributed by atoms with Gasteiger partial charge in [-0.15, -0.1) is 5.10 Å². The maximum absolute atomic E-state index is 11.5. The van der Waals surface area contributed by atoms with Crippen LogP contribution in [0, 0.1) is 0 Å². The van der Waals surface area contributed by atoms with Crippen LogP contribution in [0.25, 0.3) is 11.3 Å². The lowest BCUT2D eigenvalue weighted by Crippen LogP contribution is -2.18. The SMILES string of the molecule is COc1ccc(CCn2cc(-c3cccc(C(=O)NO)c3)nn2)cc1. The van der Waals surface area contributed by atoms with Crippen LogP contribution in [0.1, 0.15) is 15.9 Å². The first-order valence-corrected chi connectivity index (χ1v) is 7.77. The Balaban J connectivity index is 1.68. The molecule has 0 radical (unpaired) electrons. The van der Waals surface area contributed by atoms with E-state index >= 15 is 0 Å². The minimum Gasteiger partial charge on any atom is -0.497 e. The monoisotopic (exact) mass is 338 g/mol. The summed E-state index contributed by atoms with van der Waals surface area (Å²) in [6.07, 6.45) is 2.65. The van der Waals surface area contributed by atoms with Crippen molar-refractivity contribution in [2.24, 2.45) is 0 Å². The van der Waals surface area contributed by atoms with E-state index in [1.165, 1.54) is 5.56 Å². The highest BCUT2D eigenvalue weighted by Gasteiger charge is 2.08. The molecule has 2 aromatic carbocycles. The van der Waals surface area contributed by atoms with E-state index in [1.807, 2.05) is 36.5 Å². The van der Waals surface area contributed by atoms with E-state index < -0.39 is 5.91 Å². The predicted molar refractivity (Wildman–Crippen MR) is 91.4 cm³/mol. The number of carbonyl (C=O) groups is 1. The van der Waals surface area contributed by atoms with E-state index in [9.17, 15) is 4.79 Å². The van der Waals surface area contributed by atoms with Crippen molar-refractivity contribution in [1.82, 2.24) is 20.5 Å². The van der Waals surface area contributed by atoms with Crippen molar-refractivity contribution < 1.29 is 14.7 Å². The molecule has 0 saturated carbocycles. The van der Waals surface area contributed by atoms with E-state index in [0.717, 1.165) is 17.7 Å². The van der Waals surface area contributed by atoms with Crippen molar-refractivity contribution >= 4 is 5.91 Å². The molecular weight excluding hydrogens is 320 g/mol. The van der Waals surface area contributed by atoms with Gasteiger partial charge in [0, 0.05) is 17.7 Å². The summed E-state index contributed by atoms with van der Waals surface area (Å²) < 4.78 is 6.91. The van der Waals surface area contributed by atoms with Crippen molar-refractivity contribution in [1.29, 1.82) is 0 Å². The number of amides is 1. The zero-order valence-electron chi connectivity index (χ0n) is 13.7. The second kappa shape index (κ2) is 7.59. The number of methoxy groups -OCH3 is 1. The van der Waals surface area contributed by atoms with Gasteiger partial charge < -0.3 is 4.74 Å². The van der Waals surface area contributed by atoms with Crippen LogP contribution >= 0.6 is 0 Å². The number of nitrogens with one attached hydrogen (secondary N) is 1. The Labute approximate surface area is 144 Å². The molecule has 128 valence electrons. The molecule has 0 aliphatic carbocycles. The topological polar surface area (TPSA) is 89.3 Å². The first-order valence-electron chi connectivity index (χ1n) is 7.77. The Bertz CT molecular complexity index is 859. The third-order valence-corrected chi connectivity index (χ3v) is 3.85. The fraction of sp³-hybridized carbons (Fsp3) is 0.167. The summed E-state index contributed by atoms with van der Waals surface area (Å²) in [4.78, 5) is 11.5. The van der Waals surface area contributed by atoms with Crippen molar-refractivity contribution in [3.63, 3.8) is 0 Å². The van der Waals surface area contributed by atoms with Crippen LogP contribution in [-0.2, 0) is 13.0 Å². The lowest BCUT2D eigenvalue weighted by Gasteiger charge is -2.03. The first kappa shape index (κ1) is 16.7. The van der Waals surface area contributed by atoms with Gasteiger partial charge in [-0.25, -0.2) is 5.48 Å². The van der Waals surface area contributed by atoms with E-state index in [-0.39, 0.29) is 0 Å². The molecule has 0 aliphatic heterocycles. The molecule has 0 saturated heterocycles. The van der Waals surface area contributed by atoms with Crippen molar-refractivity contribution in [3.8, 4) is 17.0 Å². The molecule has 2 N–H and O–H groups in total. The van der Waals surface area contributed by atoms with Crippen LogP contribution in [0.3, 0.4) is 0 Å². The Hall–Kier alpha value is -3.19. The van der Waals surface area contributed by atoms with Crippen molar-refractivity contribution in [3.05, 3.63) is 65.9 Å². The number of ether oxygens (including phenoxy) is 1. The van der Waals surface area contributed by atoms with E-state index in [1.54, 1.807) is 35.5 Å². The molecule has 0 fully saturated rings. The molecule has 0 atom stereocenters. The quantitative estimate of drug-likeness (QED) is 0.532. The summed E-state index contributed by atoms with van der Waals surface area (Å²) in [5.41, 5.74) is 4.59. The summed E-state index contributed by atoms with van der Waals surface area (Å²) in [6.45, 7) is 0.691. The van der Waals surface area contributed by atoms with Crippen LogP contribution in [0.4, 0.5) is 0 Å². The lowest BCUT2D eigenvalue weighted by atomic mass is 10.1. The summed E-state index contributed by atoms with van der Waals surface area (Å²) in [5, 5.41) is 17.0. The highest BCUT2D eigenvalue weighted by Crippen LogP contribution is 2.18. The molecular formula is C18H18N4O3. The third-order valence-electron chi connectivity index (χ3n) is 3.85. The number of nitrogens with zero attached hydrogens (tertiary/aromatic N) is 3. The standard InChI is InChI=1S/C18H18N4O3/c1-25-16-7-5-13(6-8-16)9-10-22-12-17(19-21-22)14-3-2-4-15(11-14)18(23)20-24/h2-8,11-12,24H,9-10H2,1H3,(H,20,23). The zero-order valence-corrected chi connectivity index (χ0v) is 13.7. The minimum absolute atomic E-state index is 0.354. The van der Waals surface area contributed by atoms with Crippen molar-refractivity contribution in [2.75, 3.05) is 7.11 Å². The number of rotatable bonds is 6. The van der Waals surface area contributed by atoms with Gasteiger partial charge in [0.1, 0.15) is 11.4 Å². The summed E-state index contributed by atoms with van der Waals surface area (Å²) in [7, 11) is 1.64. The Kier molecular flexibility index (Phi) is 5.06. The maximum Gasteiger partial charge on any atom is 0.274 e. The predicted octanol–water partition coefficient (Wildman–Crippen LogP) is 2.32. The zero-order chi connectivity index (χ0) is 17.6. The van der Waals surface area contributed by atoms with Gasteiger partial charge in [-0.3, -0.25) is 14.7 Å². The molecule has 3 rings (SSSR count). The second-order valence-electron chi connectivity index (χ2n) is 5.49. The molecule has 7 nitrogen and oxygen atoms in total. The van der Waals surface area contributed by atoms with Crippen LogP contribution in [-0.4, -0.2) is 33.2 Å². The van der Waals surface area contributed by atoms with Gasteiger partial charge in [-0.2, -0.15) is 0 Å². The third kappa shape index (κ3) is 4.02. The number of hydrogen-bond donors (Lipinski definition) is 2. The number of hydrogen-bond acceptors (Lipinski definition) is 5. The van der Waals surface area contributed by atoms with E-state index in [0.29, 0.717) is 17.8 Å². The Morgan fingerprint density at radius 1 is 1.24 bits per heavy atom. The molecule has 1 amide bonds. The van der Waals surface area contributed by atoms with Crippen LogP contribution in [0.2, 0.25) is 0 Å². The Morgan fingerprint density at radius 2 is 2.04 bits per heavy atom. The van der Waals surface area contributed by atoms with Gasteiger partial charge in [0.15, 0.2) is 0 Å². The summed E-state index contributed by atoms with van der Waals surface area (Å²) >= 11 is 0. The van der Waals surface area contributed by atoms with E-state index in [4.69, 9.17) is 9.94 Å². The number of benzene rings is 2. The molecule has 7 heteroatoms. The van der Waals surface area contributed by atoms with Gasteiger partial charge in [-0.05, 0) is 36.2 Å². The number of hydroxylamine groups is 1. The molecule has 25 heavy (non-hydrogen) atoms. The fourth-order valence-electron chi connectivity index (χ4n) is 2.46. The van der Waals surface area contributed by atoms with Crippen molar-refractivity contribution in [2.45, 2.75) is 13.0 Å². The maximum atomic E-state index is 11.5. The van der Waals surface area contributed by atoms with Crippen LogP contribution in [0.5, 0.6) is 5.75 Å². The second-order valence-corrected chi connectivity index (χ2v) is 5.49. The molecule has 0 unspecified atom stereocenters. The number of aryl methyl sites for hydroxylation is 2. The molecule has 1 heterocycles. The van der Waals surface area contributed by atoms with Crippen LogP contribution < -0.4 is 10.2 Å². The smallest absolute Gasteiger partial charge is 0.274 e. The largest absolute Gasteiger partial charge is 0.497 e. The normalized spacial score (nSPS) is 10.5. The fourth-order valence-corrected chi connectivity index (χ4v) is 2.46. The highest BCUT2D eigenvalue weighted by atomic mass is 16.5. The van der Waals surface area contributed by atoms with Gasteiger partial charge in [0.25, 0.3) is 5.91 Å². The van der Waals surface area contributed by atoms with Gasteiger partial charge >= 0.3 is 0 Å².